The summed E-state index contributed by atoms with van der Waals surface area (Å²) in [4.78, 5) is 17.4. The van der Waals surface area contributed by atoms with Crippen LogP contribution in [0.5, 0.6) is 0 Å². The summed E-state index contributed by atoms with van der Waals surface area (Å²) in [5.41, 5.74) is 2.16. The number of halogens is 1. The van der Waals surface area contributed by atoms with Crippen LogP contribution >= 0.6 is 0 Å². The Labute approximate surface area is 160 Å². The fourth-order valence-corrected chi connectivity index (χ4v) is 3.86. The van der Waals surface area contributed by atoms with E-state index in [0.29, 0.717) is 12.6 Å². The Morgan fingerprint density at radius 1 is 1.00 bits per heavy atom. The molecule has 0 radical (unpaired) electrons. The minimum absolute atomic E-state index is 0.0318. The summed E-state index contributed by atoms with van der Waals surface area (Å²) in [5, 5.41) is 3.01. The highest BCUT2D eigenvalue weighted by atomic mass is 19.1. The third-order valence-electron chi connectivity index (χ3n) is 5.51. The number of carbonyl (C=O) groups excluding carboxylic acids is 1. The summed E-state index contributed by atoms with van der Waals surface area (Å²) in [5.74, 6) is -0.260. The highest BCUT2D eigenvalue weighted by Crippen LogP contribution is 2.29. The second kappa shape index (κ2) is 8.09. The van der Waals surface area contributed by atoms with E-state index in [0.717, 1.165) is 31.6 Å². The van der Waals surface area contributed by atoms with Crippen LogP contribution in [0.25, 0.3) is 0 Å². The van der Waals surface area contributed by atoms with Crippen LogP contribution in [-0.4, -0.2) is 47.5 Å². The van der Waals surface area contributed by atoms with E-state index in [1.54, 1.807) is 12.1 Å². The van der Waals surface area contributed by atoms with E-state index in [2.05, 4.69) is 34.5 Å². The van der Waals surface area contributed by atoms with Crippen LogP contribution in [0.2, 0.25) is 0 Å². The Hall–Kier alpha value is -2.40. The normalized spacial score (nSPS) is 20.5. The molecule has 2 aromatic carbocycles. The van der Waals surface area contributed by atoms with Gasteiger partial charge in [0.2, 0.25) is 0 Å². The molecule has 1 heterocycles. The van der Waals surface area contributed by atoms with Crippen LogP contribution in [0.1, 0.15) is 24.0 Å². The molecule has 2 aliphatic rings. The van der Waals surface area contributed by atoms with Crippen LogP contribution in [0.3, 0.4) is 0 Å². The maximum absolute atomic E-state index is 13.0. The highest BCUT2D eigenvalue weighted by molar-refractivity contribution is 5.74. The van der Waals surface area contributed by atoms with Crippen LogP contribution in [0.4, 0.5) is 9.18 Å². The van der Waals surface area contributed by atoms with Crippen LogP contribution in [0.15, 0.2) is 54.6 Å². The van der Waals surface area contributed by atoms with Gasteiger partial charge in [-0.05, 0) is 42.5 Å². The summed E-state index contributed by atoms with van der Waals surface area (Å²) in [6.07, 6.45) is 3.44. The van der Waals surface area contributed by atoms with E-state index in [1.165, 1.54) is 30.5 Å². The number of piperazine rings is 1. The van der Waals surface area contributed by atoms with E-state index < -0.39 is 0 Å². The van der Waals surface area contributed by atoms with Crippen molar-refractivity contribution in [2.24, 2.45) is 0 Å². The molecule has 1 aliphatic carbocycles. The Kier molecular flexibility index (Phi) is 5.39. The maximum Gasteiger partial charge on any atom is 0.318 e. The topological polar surface area (TPSA) is 35.6 Å². The molecule has 1 saturated carbocycles. The van der Waals surface area contributed by atoms with Gasteiger partial charge >= 0.3 is 6.03 Å². The van der Waals surface area contributed by atoms with Crippen molar-refractivity contribution in [3.05, 3.63) is 71.5 Å². The third kappa shape index (κ3) is 4.66. The van der Waals surface area contributed by atoms with Crippen LogP contribution < -0.4 is 5.32 Å². The van der Waals surface area contributed by atoms with Gasteiger partial charge in [0, 0.05) is 32.2 Å². The van der Waals surface area contributed by atoms with Gasteiger partial charge in [-0.3, -0.25) is 4.90 Å². The van der Waals surface area contributed by atoms with Gasteiger partial charge in [-0.2, -0.15) is 0 Å². The number of amides is 2. The minimum atomic E-state index is -0.260. The molecule has 142 valence electrons. The number of rotatable bonds is 5. The lowest BCUT2D eigenvalue weighted by atomic mass is 10.0. The van der Waals surface area contributed by atoms with Crippen molar-refractivity contribution in [2.45, 2.75) is 37.9 Å². The van der Waals surface area contributed by atoms with Crippen molar-refractivity contribution in [1.29, 1.82) is 0 Å². The van der Waals surface area contributed by atoms with Crippen molar-refractivity contribution < 1.29 is 9.18 Å². The standard InChI is InChI=1S/C22H26FN3O/c23-19-8-6-18(7-9-19)15-24-22(27)26-13-12-25(20-10-11-20)16-21(26)14-17-4-2-1-3-5-17/h1-9,20-21H,10-16H2,(H,24,27). The molecule has 2 aromatic rings. The number of nitrogens with one attached hydrogen (secondary N) is 1. The van der Waals surface area contributed by atoms with Gasteiger partial charge in [0.25, 0.3) is 0 Å². The second-order valence-electron chi connectivity index (χ2n) is 7.55. The summed E-state index contributed by atoms with van der Waals surface area (Å²) >= 11 is 0. The number of carbonyl (C=O) groups is 1. The van der Waals surface area contributed by atoms with Crippen molar-refractivity contribution in [2.75, 3.05) is 19.6 Å². The smallest absolute Gasteiger partial charge is 0.318 e. The van der Waals surface area contributed by atoms with Crippen molar-refractivity contribution in [3.63, 3.8) is 0 Å². The summed E-state index contributed by atoms with van der Waals surface area (Å²) in [6, 6.07) is 17.5. The van der Waals surface area contributed by atoms with Gasteiger partial charge in [0.1, 0.15) is 5.82 Å². The van der Waals surface area contributed by atoms with Gasteiger partial charge in [-0.1, -0.05) is 42.5 Å². The SMILES string of the molecule is O=C(NCc1ccc(F)cc1)N1CCN(C2CC2)CC1Cc1ccccc1. The first-order valence-electron chi connectivity index (χ1n) is 9.76. The molecule has 27 heavy (non-hydrogen) atoms. The van der Waals surface area contributed by atoms with E-state index in [9.17, 15) is 9.18 Å². The third-order valence-corrected chi connectivity index (χ3v) is 5.51. The zero-order chi connectivity index (χ0) is 18.6. The van der Waals surface area contributed by atoms with E-state index in [1.807, 2.05) is 11.0 Å². The largest absolute Gasteiger partial charge is 0.334 e. The average Bonchev–Trinajstić information content (AvgIpc) is 3.53. The zero-order valence-electron chi connectivity index (χ0n) is 15.5. The summed E-state index contributed by atoms with van der Waals surface area (Å²) in [7, 11) is 0. The van der Waals surface area contributed by atoms with Gasteiger partial charge in [0.15, 0.2) is 0 Å². The molecule has 0 spiro atoms. The molecule has 2 fully saturated rings. The number of hydrogen-bond donors (Lipinski definition) is 1. The predicted molar refractivity (Wildman–Crippen MR) is 104 cm³/mol. The molecular formula is C22H26FN3O. The fraction of sp³-hybridized carbons (Fsp3) is 0.409. The first-order valence-corrected chi connectivity index (χ1v) is 9.76. The van der Waals surface area contributed by atoms with Crippen molar-refractivity contribution in [3.8, 4) is 0 Å². The molecule has 1 unspecified atom stereocenters. The van der Waals surface area contributed by atoms with E-state index in [-0.39, 0.29) is 17.9 Å². The molecule has 1 aliphatic heterocycles. The number of benzene rings is 2. The fourth-order valence-electron chi connectivity index (χ4n) is 3.86. The molecular weight excluding hydrogens is 341 g/mol. The molecule has 1 saturated heterocycles. The molecule has 1 atom stereocenters. The second-order valence-corrected chi connectivity index (χ2v) is 7.55. The number of urea groups is 1. The van der Waals surface area contributed by atoms with Gasteiger partial charge in [-0.25, -0.2) is 9.18 Å². The summed E-state index contributed by atoms with van der Waals surface area (Å²) < 4.78 is 13.0. The molecule has 4 nitrogen and oxygen atoms in total. The molecule has 4 rings (SSSR count). The highest BCUT2D eigenvalue weighted by Gasteiger charge is 2.37. The first kappa shape index (κ1) is 18.0. The Morgan fingerprint density at radius 3 is 2.44 bits per heavy atom. The van der Waals surface area contributed by atoms with Crippen LogP contribution in [0, 0.1) is 5.82 Å². The van der Waals surface area contributed by atoms with E-state index in [4.69, 9.17) is 0 Å². The average molecular weight is 367 g/mol. The molecule has 5 heteroatoms. The Morgan fingerprint density at radius 2 is 1.74 bits per heavy atom. The first-order chi connectivity index (χ1) is 13.2. The Bertz CT molecular complexity index is 761. The lowest BCUT2D eigenvalue weighted by molar-refractivity contribution is 0.0891. The van der Waals surface area contributed by atoms with Crippen molar-refractivity contribution >= 4 is 6.03 Å². The lowest BCUT2D eigenvalue weighted by Crippen LogP contribution is -2.58. The summed E-state index contributed by atoms with van der Waals surface area (Å²) in [6.45, 7) is 3.05. The zero-order valence-corrected chi connectivity index (χ0v) is 15.5. The lowest BCUT2D eigenvalue weighted by Gasteiger charge is -2.41. The van der Waals surface area contributed by atoms with Crippen LogP contribution in [-0.2, 0) is 13.0 Å². The number of hydrogen-bond acceptors (Lipinski definition) is 2. The molecule has 1 N–H and O–H groups in total. The molecule has 0 aromatic heterocycles. The van der Waals surface area contributed by atoms with Gasteiger partial charge in [-0.15, -0.1) is 0 Å². The van der Waals surface area contributed by atoms with Crippen molar-refractivity contribution in [1.82, 2.24) is 15.1 Å². The van der Waals surface area contributed by atoms with Gasteiger partial charge < -0.3 is 10.2 Å². The molecule has 2 amide bonds. The number of nitrogens with zero attached hydrogens (tertiary/aromatic N) is 2. The van der Waals surface area contributed by atoms with E-state index >= 15 is 0 Å². The monoisotopic (exact) mass is 367 g/mol. The van der Waals surface area contributed by atoms with Gasteiger partial charge in [0.05, 0.1) is 6.04 Å². The Balaban J connectivity index is 1.41. The maximum atomic E-state index is 13.0. The molecule has 0 bridgehead atoms. The quantitative estimate of drug-likeness (QED) is 0.879. The minimum Gasteiger partial charge on any atom is -0.334 e. The predicted octanol–water partition coefficient (Wildman–Crippen LogP) is 3.43.